The number of rotatable bonds is 3. The second-order valence-corrected chi connectivity index (χ2v) is 7.62. The molecule has 0 unspecified atom stereocenters. The van der Waals surface area contributed by atoms with Crippen LogP contribution in [-0.4, -0.2) is 19.7 Å². The molecule has 2 N–H and O–H groups in total. The van der Waals surface area contributed by atoms with E-state index in [4.69, 9.17) is 0 Å². The molecule has 0 spiro atoms. The maximum atomic E-state index is 12.2. The maximum absolute atomic E-state index is 12.2. The topological polar surface area (TPSA) is 75.6 Å². The van der Waals surface area contributed by atoms with Gasteiger partial charge in [0, 0.05) is 9.75 Å². The number of aryl methyl sites for hydroxylation is 1. The molecule has 3 aromatic heterocycles. The van der Waals surface area contributed by atoms with Crippen molar-refractivity contribution in [1.82, 2.24) is 19.7 Å². The van der Waals surface area contributed by atoms with E-state index in [0.717, 1.165) is 0 Å². The van der Waals surface area contributed by atoms with Crippen LogP contribution in [0, 0.1) is 6.92 Å². The summed E-state index contributed by atoms with van der Waals surface area (Å²) in [6.07, 6.45) is 1.57. The lowest BCUT2D eigenvalue weighted by Crippen LogP contribution is -2.24. The second-order valence-electron chi connectivity index (χ2n) is 6.24. The van der Waals surface area contributed by atoms with Crippen LogP contribution in [0.1, 0.15) is 30.5 Å². The Hall–Kier alpha value is -2.15. The molecule has 0 radical (unpaired) electrons. The number of fused-ring (bicyclic) bond motifs is 1. The molecule has 6 nitrogen and oxygen atoms in total. The smallest absolute Gasteiger partial charge is 0.263 e. The zero-order valence-corrected chi connectivity index (χ0v) is 13.9. The summed E-state index contributed by atoms with van der Waals surface area (Å²) in [6, 6.07) is 4.15. The molecule has 116 valence electrons. The average Bonchev–Trinajstić information content (AvgIpc) is 3.02. The number of H-pyrrole nitrogens is 1. The molecule has 3 rings (SSSR count). The number of nitrogens with zero attached hydrogens (tertiary/aromatic N) is 3. The highest BCUT2D eigenvalue weighted by Crippen LogP contribution is 2.19. The number of aromatic nitrogens is 4. The summed E-state index contributed by atoms with van der Waals surface area (Å²) < 4.78 is 1.78. The minimum Gasteiger partial charge on any atom is -0.351 e. The van der Waals surface area contributed by atoms with Gasteiger partial charge in [-0.3, -0.25) is 9.78 Å². The van der Waals surface area contributed by atoms with E-state index >= 15 is 0 Å². The summed E-state index contributed by atoms with van der Waals surface area (Å²) in [5.41, 5.74) is 0.191. The van der Waals surface area contributed by atoms with Crippen molar-refractivity contribution in [3.8, 4) is 0 Å². The molecule has 0 aliphatic carbocycles. The molecule has 7 heteroatoms. The van der Waals surface area contributed by atoms with Gasteiger partial charge in [-0.25, -0.2) is 4.68 Å². The van der Waals surface area contributed by atoms with Gasteiger partial charge >= 0.3 is 0 Å². The Bertz CT molecular complexity index is 868. The molecule has 0 saturated heterocycles. The zero-order chi connectivity index (χ0) is 15.9. The summed E-state index contributed by atoms with van der Waals surface area (Å²) in [4.78, 5) is 21.9. The van der Waals surface area contributed by atoms with Gasteiger partial charge < -0.3 is 5.32 Å². The number of hydrogen-bond acceptors (Lipinski definition) is 5. The van der Waals surface area contributed by atoms with Crippen LogP contribution in [-0.2, 0) is 12.1 Å². The highest BCUT2D eigenvalue weighted by atomic mass is 32.1. The first-order chi connectivity index (χ1) is 10.3. The SMILES string of the molecule is Cc1ccc(CNc2nc3c(cnn3C(C)(C)C)c(=O)[nH]2)s1. The molecule has 22 heavy (non-hydrogen) atoms. The lowest BCUT2D eigenvalue weighted by molar-refractivity contribution is 0.366. The molecule has 0 atom stereocenters. The highest BCUT2D eigenvalue weighted by molar-refractivity contribution is 7.11. The predicted octanol–water partition coefficient (Wildman–Crippen LogP) is 2.86. The van der Waals surface area contributed by atoms with Crippen molar-refractivity contribution in [3.05, 3.63) is 38.4 Å². The van der Waals surface area contributed by atoms with E-state index in [1.807, 2.05) is 20.8 Å². The van der Waals surface area contributed by atoms with Gasteiger partial charge in [0.05, 0.1) is 18.3 Å². The van der Waals surface area contributed by atoms with Gasteiger partial charge in [-0.2, -0.15) is 10.1 Å². The third-order valence-electron chi connectivity index (χ3n) is 3.30. The Morgan fingerprint density at radius 2 is 2.14 bits per heavy atom. The molecule has 0 saturated carbocycles. The lowest BCUT2D eigenvalue weighted by atomic mass is 10.1. The van der Waals surface area contributed by atoms with Crippen molar-refractivity contribution < 1.29 is 0 Å². The normalized spacial score (nSPS) is 12.0. The number of anilines is 1. The third kappa shape index (κ3) is 2.76. The van der Waals surface area contributed by atoms with E-state index in [0.29, 0.717) is 23.5 Å². The molecule has 0 bridgehead atoms. The molecular weight excluding hydrogens is 298 g/mol. The van der Waals surface area contributed by atoms with Crippen LogP contribution < -0.4 is 10.9 Å². The standard InChI is InChI=1S/C15H19N5OS/c1-9-5-6-10(22-9)7-16-14-18-12-11(13(21)19-14)8-17-20(12)15(2,3)4/h5-6,8H,7H2,1-4H3,(H2,16,18,19,21). The Morgan fingerprint density at radius 3 is 2.77 bits per heavy atom. The van der Waals surface area contributed by atoms with Gasteiger partial charge in [0.1, 0.15) is 5.39 Å². The Kier molecular flexibility index (Phi) is 3.52. The highest BCUT2D eigenvalue weighted by Gasteiger charge is 2.19. The van der Waals surface area contributed by atoms with Crippen LogP contribution in [0.3, 0.4) is 0 Å². The van der Waals surface area contributed by atoms with E-state index in [1.165, 1.54) is 9.75 Å². The molecule has 0 aliphatic heterocycles. The first-order valence-corrected chi connectivity index (χ1v) is 7.94. The van der Waals surface area contributed by atoms with Crippen molar-refractivity contribution in [2.75, 3.05) is 5.32 Å². The molecule has 3 aromatic rings. The molecule has 0 aromatic carbocycles. The Balaban J connectivity index is 1.95. The van der Waals surface area contributed by atoms with Crippen molar-refractivity contribution in [2.45, 2.75) is 39.8 Å². The van der Waals surface area contributed by atoms with Crippen molar-refractivity contribution in [2.24, 2.45) is 0 Å². The second kappa shape index (κ2) is 5.24. The molecule has 0 aliphatic rings. The van der Waals surface area contributed by atoms with Gasteiger partial charge in [-0.1, -0.05) is 0 Å². The fourth-order valence-corrected chi connectivity index (χ4v) is 3.07. The van der Waals surface area contributed by atoms with Crippen molar-refractivity contribution in [3.63, 3.8) is 0 Å². The zero-order valence-electron chi connectivity index (χ0n) is 13.1. The van der Waals surface area contributed by atoms with Crippen molar-refractivity contribution in [1.29, 1.82) is 0 Å². The lowest BCUT2D eigenvalue weighted by Gasteiger charge is -2.19. The van der Waals surface area contributed by atoms with E-state index in [9.17, 15) is 4.79 Å². The van der Waals surface area contributed by atoms with Gasteiger partial charge in [-0.05, 0) is 39.8 Å². The molecule has 0 fully saturated rings. The third-order valence-corrected chi connectivity index (χ3v) is 4.30. The Morgan fingerprint density at radius 1 is 1.36 bits per heavy atom. The van der Waals surface area contributed by atoms with E-state index in [1.54, 1.807) is 22.2 Å². The fraction of sp³-hybridized carbons (Fsp3) is 0.400. The first kappa shape index (κ1) is 14.8. The largest absolute Gasteiger partial charge is 0.351 e. The van der Waals surface area contributed by atoms with E-state index in [2.05, 4.69) is 39.4 Å². The summed E-state index contributed by atoms with van der Waals surface area (Å²) in [6.45, 7) is 8.80. The summed E-state index contributed by atoms with van der Waals surface area (Å²) in [5, 5.41) is 7.98. The van der Waals surface area contributed by atoms with Gasteiger partial charge in [-0.15, -0.1) is 11.3 Å². The minimum atomic E-state index is -0.231. The molecule has 0 amide bonds. The number of nitrogens with one attached hydrogen (secondary N) is 2. The van der Waals surface area contributed by atoms with Crippen LogP contribution in [0.25, 0.3) is 11.0 Å². The fourth-order valence-electron chi connectivity index (χ4n) is 2.24. The first-order valence-electron chi connectivity index (χ1n) is 7.12. The summed E-state index contributed by atoms with van der Waals surface area (Å²) in [5.74, 6) is 0.467. The van der Waals surface area contributed by atoms with Crippen LogP contribution >= 0.6 is 11.3 Å². The quantitative estimate of drug-likeness (QED) is 0.779. The minimum absolute atomic E-state index is 0.176. The van der Waals surface area contributed by atoms with Crippen LogP contribution in [0.2, 0.25) is 0 Å². The number of aromatic amines is 1. The molecule has 3 heterocycles. The Labute approximate surface area is 132 Å². The van der Waals surface area contributed by atoms with Crippen LogP contribution in [0.5, 0.6) is 0 Å². The molecular formula is C15H19N5OS. The van der Waals surface area contributed by atoms with Gasteiger partial charge in [0.2, 0.25) is 5.95 Å². The van der Waals surface area contributed by atoms with Crippen molar-refractivity contribution >= 4 is 28.3 Å². The van der Waals surface area contributed by atoms with Gasteiger partial charge in [0.25, 0.3) is 5.56 Å². The van der Waals surface area contributed by atoms with E-state index < -0.39 is 0 Å². The van der Waals surface area contributed by atoms with Gasteiger partial charge in [0.15, 0.2) is 5.65 Å². The predicted molar refractivity (Wildman–Crippen MR) is 89.5 cm³/mol. The summed E-state index contributed by atoms with van der Waals surface area (Å²) >= 11 is 1.72. The van der Waals surface area contributed by atoms with E-state index in [-0.39, 0.29) is 11.1 Å². The monoisotopic (exact) mass is 317 g/mol. The summed E-state index contributed by atoms with van der Waals surface area (Å²) in [7, 11) is 0. The van der Waals surface area contributed by atoms with Crippen LogP contribution in [0.4, 0.5) is 5.95 Å². The average molecular weight is 317 g/mol. The number of hydrogen-bond donors (Lipinski definition) is 2. The number of thiophene rings is 1. The maximum Gasteiger partial charge on any atom is 0.263 e. The van der Waals surface area contributed by atoms with Crippen LogP contribution in [0.15, 0.2) is 23.1 Å².